The number of nitrogens with zero attached hydrogens (tertiary/aromatic N) is 1. The van der Waals surface area contributed by atoms with E-state index in [9.17, 15) is 14.3 Å². The zero-order valence-corrected chi connectivity index (χ0v) is 15.8. The highest BCUT2D eigenvalue weighted by molar-refractivity contribution is 9.10. The molecule has 2 aliphatic rings. The van der Waals surface area contributed by atoms with Crippen LogP contribution in [0.15, 0.2) is 16.6 Å². The van der Waals surface area contributed by atoms with Crippen LogP contribution < -0.4 is 0 Å². The highest BCUT2D eigenvalue weighted by atomic mass is 79.9. The Kier molecular flexibility index (Phi) is 4.41. The van der Waals surface area contributed by atoms with Gasteiger partial charge < -0.3 is 9.84 Å². The topological polar surface area (TPSA) is 49.8 Å². The summed E-state index contributed by atoms with van der Waals surface area (Å²) in [6.45, 7) is 6.97. The average Bonchev–Trinajstić information content (AvgIpc) is 2.96. The fourth-order valence-electron chi connectivity index (χ4n) is 4.44. The van der Waals surface area contributed by atoms with Gasteiger partial charge in [0.1, 0.15) is 11.9 Å². The SMILES string of the molecule is CC(C)(C)[C@]1(C2OCCc3c(Br)ccc(F)c32)CCCN1C(=O)O. The summed E-state index contributed by atoms with van der Waals surface area (Å²) in [5.41, 5.74) is 0.233. The average molecular weight is 400 g/mol. The summed E-state index contributed by atoms with van der Waals surface area (Å²) < 4.78 is 21.7. The van der Waals surface area contributed by atoms with Gasteiger partial charge in [0.2, 0.25) is 0 Å². The van der Waals surface area contributed by atoms with Gasteiger partial charge in [-0.1, -0.05) is 36.7 Å². The van der Waals surface area contributed by atoms with E-state index < -0.39 is 23.2 Å². The molecule has 1 aromatic carbocycles. The van der Waals surface area contributed by atoms with Gasteiger partial charge in [-0.3, -0.25) is 4.90 Å². The summed E-state index contributed by atoms with van der Waals surface area (Å²) in [4.78, 5) is 13.4. The van der Waals surface area contributed by atoms with Crippen LogP contribution in [-0.4, -0.2) is 34.8 Å². The van der Waals surface area contributed by atoms with E-state index in [-0.39, 0.29) is 5.82 Å². The Balaban J connectivity index is 2.23. The molecular formula is C18H23BrFNO3. The molecule has 2 aliphatic heterocycles. The summed E-state index contributed by atoms with van der Waals surface area (Å²) in [6, 6.07) is 3.14. The van der Waals surface area contributed by atoms with Gasteiger partial charge in [-0.25, -0.2) is 9.18 Å². The predicted octanol–water partition coefficient (Wildman–Crippen LogP) is 4.76. The largest absolute Gasteiger partial charge is 0.465 e. The van der Waals surface area contributed by atoms with E-state index >= 15 is 0 Å². The van der Waals surface area contributed by atoms with E-state index in [1.54, 1.807) is 6.07 Å². The zero-order valence-electron chi connectivity index (χ0n) is 14.2. The van der Waals surface area contributed by atoms with Crippen molar-refractivity contribution in [2.75, 3.05) is 13.2 Å². The second-order valence-electron chi connectivity index (χ2n) is 7.63. The Labute approximate surface area is 150 Å². The van der Waals surface area contributed by atoms with Gasteiger partial charge in [0.05, 0.1) is 12.1 Å². The summed E-state index contributed by atoms with van der Waals surface area (Å²) in [6.07, 6.45) is 0.482. The lowest BCUT2D eigenvalue weighted by Gasteiger charge is -2.52. The van der Waals surface area contributed by atoms with Gasteiger partial charge in [0, 0.05) is 16.6 Å². The Morgan fingerprint density at radius 3 is 2.79 bits per heavy atom. The molecular weight excluding hydrogens is 377 g/mol. The van der Waals surface area contributed by atoms with E-state index in [1.165, 1.54) is 11.0 Å². The molecule has 0 aromatic heterocycles. The maximum absolute atomic E-state index is 14.8. The van der Waals surface area contributed by atoms with Crippen LogP contribution in [-0.2, 0) is 11.2 Å². The second kappa shape index (κ2) is 5.99. The molecule has 0 spiro atoms. The Morgan fingerprint density at radius 1 is 1.46 bits per heavy atom. The smallest absolute Gasteiger partial charge is 0.407 e. The van der Waals surface area contributed by atoms with Crippen molar-refractivity contribution in [2.24, 2.45) is 5.41 Å². The number of carboxylic acid groups (broad SMARTS) is 1. The third kappa shape index (κ3) is 2.46. The molecule has 132 valence electrons. The standard InChI is InChI=1S/C18H23BrFNO3/c1-17(2,3)18(8-4-9-21(18)16(22)23)15-14-11(7-10-24-15)12(19)5-6-13(14)20/h5-6,15H,4,7-10H2,1-3H3,(H,22,23)/t15?,18-/m1/s1. The van der Waals surface area contributed by atoms with Crippen molar-refractivity contribution < 1.29 is 19.0 Å². The van der Waals surface area contributed by atoms with Crippen molar-refractivity contribution >= 4 is 22.0 Å². The molecule has 1 N–H and O–H groups in total. The Hall–Kier alpha value is -1.14. The van der Waals surface area contributed by atoms with Gasteiger partial charge >= 0.3 is 6.09 Å². The van der Waals surface area contributed by atoms with Crippen molar-refractivity contribution in [3.8, 4) is 0 Å². The van der Waals surface area contributed by atoms with E-state index in [0.29, 0.717) is 31.6 Å². The fourth-order valence-corrected chi connectivity index (χ4v) is 4.98. The van der Waals surface area contributed by atoms with E-state index in [2.05, 4.69) is 15.9 Å². The van der Waals surface area contributed by atoms with Crippen molar-refractivity contribution in [3.05, 3.63) is 33.5 Å². The van der Waals surface area contributed by atoms with Crippen LogP contribution in [0.4, 0.5) is 9.18 Å². The molecule has 1 fully saturated rings. The Bertz CT molecular complexity index is 673. The molecule has 24 heavy (non-hydrogen) atoms. The zero-order chi connectivity index (χ0) is 17.7. The number of hydrogen-bond acceptors (Lipinski definition) is 2. The number of carbonyl (C=O) groups is 1. The van der Waals surface area contributed by atoms with E-state index in [4.69, 9.17) is 4.74 Å². The quantitative estimate of drug-likeness (QED) is 0.740. The van der Waals surface area contributed by atoms with Crippen LogP contribution in [0.5, 0.6) is 0 Å². The molecule has 4 nitrogen and oxygen atoms in total. The first-order chi connectivity index (χ1) is 11.2. The summed E-state index contributed by atoms with van der Waals surface area (Å²) in [7, 11) is 0. The van der Waals surface area contributed by atoms with Crippen LogP contribution in [0, 0.1) is 11.2 Å². The number of halogens is 2. The highest BCUT2D eigenvalue weighted by Crippen LogP contribution is 2.55. The minimum Gasteiger partial charge on any atom is -0.465 e. The summed E-state index contributed by atoms with van der Waals surface area (Å²) >= 11 is 3.51. The Morgan fingerprint density at radius 2 is 2.17 bits per heavy atom. The van der Waals surface area contributed by atoms with Crippen molar-refractivity contribution in [1.29, 1.82) is 0 Å². The van der Waals surface area contributed by atoms with Gasteiger partial charge in [-0.05, 0) is 42.4 Å². The van der Waals surface area contributed by atoms with Crippen LogP contribution in [0.2, 0.25) is 0 Å². The van der Waals surface area contributed by atoms with Crippen molar-refractivity contribution in [2.45, 2.75) is 51.7 Å². The number of benzene rings is 1. The molecule has 0 saturated carbocycles. The predicted molar refractivity (Wildman–Crippen MR) is 92.6 cm³/mol. The number of fused-ring (bicyclic) bond motifs is 1. The molecule has 1 saturated heterocycles. The lowest BCUT2D eigenvalue weighted by molar-refractivity contribution is -0.108. The van der Waals surface area contributed by atoms with E-state index in [1.807, 2.05) is 20.8 Å². The molecule has 6 heteroatoms. The number of amides is 1. The first-order valence-electron chi connectivity index (χ1n) is 8.29. The molecule has 1 aromatic rings. The van der Waals surface area contributed by atoms with Crippen molar-refractivity contribution in [3.63, 3.8) is 0 Å². The minimum absolute atomic E-state index is 0.321. The van der Waals surface area contributed by atoms with Gasteiger partial charge in [-0.15, -0.1) is 0 Å². The van der Waals surface area contributed by atoms with Crippen LogP contribution in [0.3, 0.4) is 0 Å². The maximum Gasteiger partial charge on any atom is 0.407 e. The van der Waals surface area contributed by atoms with Gasteiger partial charge in [0.15, 0.2) is 0 Å². The third-order valence-electron chi connectivity index (χ3n) is 5.53. The first-order valence-corrected chi connectivity index (χ1v) is 9.08. The second-order valence-corrected chi connectivity index (χ2v) is 8.49. The normalized spacial score (nSPS) is 27.2. The van der Waals surface area contributed by atoms with Gasteiger partial charge in [-0.2, -0.15) is 0 Å². The van der Waals surface area contributed by atoms with Crippen LogP contribution in [0.25, 0.3) is 0 Å². The maximum atomic E-state index is 14.8. The lowest BCUT2D eigenvalue weighted by atomic mass is 9.65. The number of rotatable bonds is 1. The molecule has 2 atom stereocenters. The molecule has 2 heterocycles. The van der Waals surface area contributed by atoms with Crippen LogP contribution in [0.1, 0.15) is 50.8 Å². The van der Waals surface area contributed by atoms with Gasteiger partial charge in [0.25, 0.3) is 0 Å². The molecule has 0 bridgehead atoms. The molecule has 0 aliphatic carbocycles. The summed E-state index contributed by atoms with van der Waals surface area (Å²) in [5, 5.41) is 9.78. The highest BCUT2D eigenvalue weighted by Gasteiger charge is 2.59. The fraction of sp³-hybridized carbons (Fsp3) is 0.611. The molecule has 0 radical (unpaired) electrons. The first kappa shape index (κ1) is 17.7. The lowest BCUT2D eigenvalue weighted by Crippen LogP contribution is -2.60. The molecule has 3 rings (SSSR count). The number of ether oxygens (including phenoxy) is 1. The number of hydrogen-bond donors (Lipinski definition) is 1. The molecule has 1 amide bonds. The van der Waals surface area contributed by atoms with E-state index in [0.717, 1.165) is 16.5 Å². The number of likely N-dealkylation sites (tertiary alicyclic amines) is 1. The summed E-state index contributed by atoms with van der Waals surface area (Å²) in [5.74, 6) is -0.321. The van der Waals surface area contributed by atoms with Crippen LogP contribution >= 0.6 is 15.9 Å². The van der Waals surface area contributed by atoms with Crippen molar-refractivity contribution in [1.82, 2.24) is 4.90 Å². The minimum atomic E-state index is -0.964. The monoisotopic (exact) mass is 399 g/mol. The molecule has 1 unspecified atom stereocenters. The third-order valence-corrected chi connectivity index (χ3v) is 6.27.